The number of halogens is 6. The second-order valence-electron chi connectivity index (χ2n) is 11.2. The Morgan fingerprint density at radius 3 is 1.12 bits per heavy atom. The number of carbonyl (C=O) groups excluding carboxylic acids is 1. The van der Waals surface area contributed by atoms with E-state index in [2.05, 4.69) is 120 Å². The van der Waals surface area contributed by atoms with Crippen molar-refractivity contribution in [3.05, 3.63) is 90.0 Å². The first-order chi connectivity index (χ1) is 18.1. The van der Waals surface area contributed by atoms with Crippen LogP contribution in [0.1, 0.15) is 52.7 Å². The monoisotopic (exact) mass is 586 g/mol. The van der Waals surface area contributed by atoms with Crippen molar-refractivity contribution in [1.29, 1.82) is 0 Å². The fourth-order valence-electron chi connectivity index (χ4n) is 3.54. The normalized spacial score (nSPS) is 13.1. The van der Waals surface area contributed by atoms with Crippen LogP contribution < -0.4 is 5.11 Å². The number of carboxylic acids is 1. The van der Waals surface area contributed by atoms with Gasteiger partial charge in [0, 0.05) is 0 Å². The highest BCUT2D eigenvalue weighted by Crippen LogP contribution is 2.42. The van der Waals surface area contributed by atoms with Crippen molar-refractivity contribution in [2.45, 2.75) is 85.0 Å². The number of rotatable bonds is 4. The summed E-state index contributed by atoms with van der Waals surface area (Å²) in [5.74, 6) is -3.66. The zero-order chi connectivity index (χ0) is 30.7. The molecule has 218 valence electrons. The van der Waals surface area contributed by atoms with Gasteiger partial charge in [-0.2, -0.15) is 26.3 Å². The molecule has 0 bridgehead atoms. The molecule has 1 N–H and O–H groups in total. The summed E-state index contributed by atoms with van der Waals surface area (Å²) in [6.07, 6.45) is -12.7. The fourth-order valence-corrected chi connectivity index (χ4v) is 5.60. The molecule has 0 fully saturated rings. The topological polar surface area (TPSA) is 60.4 Å². The van der Waals surface area contributed by atoms with E-state index < -0.39 is 23.9 Å². The minimum Gasteiger partial charge on any atom is -0.546 e. The number of hydrogen-bond donors (Lipinski definition) is 1. The number of aliphatic carboxylic acids is 1. The van der Waals surface area contributed by atoms with Crippen LogP contribution >= 0.6 is 0 Å². The van der Waals surface area contributed by atoms with Gasteiger partial charge in [0.2, 0.25) is 0 Å². The Labute approximate surface area is 233 Å². The molecule has 0 aliphatic rings. The van der Waals surface area contributed by atoms with Crippen molar-refractivity contribution in [2.75, 3.05) is 0 Å². The van der Waals surface area contributed by atoms with E-state index in [0.29, 0.717) is 0 Å². The van der Waals surface area contributed by atoms with Crippen molar-refractivity contribution in [2.24, 2.45) is 0 Å². The van der Waals surface area contributed by atoms with Crippen LogP contribution in [0.4, 0.5) is 26.3 Å². The van der Waals surface area contributed by atoms with Crippen molar-refractivity contribution >= 4 is 16.9 Å². The summed E-state index contributed by atoms with van der Waals surface area (Å²) < 4.78 is 68.8. The SMILES string of the molecule is CC(C)(C)c1ccc([S+](c2ccccc2)c2ccc(C(C)(C)C)cc2)cc1.O=C([O-])C(O)(C(F)(F)F)C(F)(F)F. The Morgan fingerprint density at radius 1 is 0.600 bits per heavy atom. The fraction of sp³-hybridized carbons (Fsp3) is 0.367. The molecule has 0 aromatic heterocycles. The van der Waals surface area contributed by atoms with Crippen LogP contribution in [-0.4, -0.2) is 29.0 Å². The highest BCUT2D eigenvalue weighted by atomic mass is 32.2. The molecule has 0 saturated carbocycles. The van der Waals surface area contributed by atoms with Gasteiger partial charge in [-0.3, -0.25) is 0 Å². The largest absolute Gasteiger partial charge is 0.546 e. The first-order valence-corrected chi connectivity index (χ1v) is 13.4. The lowest BCUT2D eigenvalue weighted by Crippen LogP contribution is -2.66. The molecule has 0 heterocycles. The number of carbonyl (C=O) groups is 1. The van der Waals surface area contributed by atoms with E-state index in [1.165, 1.54) is 25.8 Å². The lowest BCUT2D eigenvalue weighted by molar-refractivity contribution is -0.402. The molecule has 40 heavy (non-hydrogen) atoms. The zero-order valence-electron chi connectivity index (χ0n) is 22.9. The molecule has 0 saturated heterocycles. The summed E-state index contributed by atoms with van der Waals surface area (Å²) >= 11 is 0. The van der Waals surface area contributed by atoms with E-state index in [1.54, 1.807) is 0 Å². The van der Waals surface area contributed by atoms with Gasteiger partial charge < -0.3 is 15.0 Å². The van der Waals surface area contributed by atoms with Crippen LogP contribution in [0, 0.1) is 0 Å². The second kappa shape index (κ2) is 11.9. The Hall–Kier alpha value is -2.98. The van der Waals surface area contributed by atoms with Crippen LogP contribution in [-0.2, 0) is 26.5 Å². The lowest BCUT2D eigenvalue weighted by Gasteiger charge is -2.32. The van der Waals surface area contributed by atoms with E-state index in [0.717, 1.165) is 0 Å². The van der Waals surface area contributed by atoms with Gasteiger partial charge in [0.1, 0.15) is 0 Å². The zero-order valence-corrected chi connectivity index (χ0v) is 23.8. The third kappa shape index (κ3) is 7.60. The third-order valence-corrected chi connectivity index (χ3v) is 8.24. The summed E-state index contributed by atoms with van der Waals surface area (Å²) in [6.45, 7) is 13.6. The quantitative estimate of drug-likeness (QED) is 0.265. The van der Waals surface area contributed by atoms with Crippen LogP contribution in [0.25, 0.3) is 0 Å². The highest BCUT2D eigenvalue weighted by molar-refractivity contribution is 7.97. The molecule has 3 aromatic rings. The molecule has 3 rings (SSSR count). The number of benzene rings is 3. The molecule has 0 aliphatic heterocycles. The Bertz CT molecular complexity index is 1180. The van der Waals surface area contributed by atoms with Gasteiger partial charge in [-0.1, -0.05) is 84.0 Å². The molecule has 0 amide bonds. The molecular formula is C30H32F6O3S. The van der Waals surface area contributed by atoms with E-state index in [1.807, 2.05) is 0 Å². The van der Waals surface area contributed by atoms with Gasteiger partial charge in [0.05, 0.1) is 16.9 Å². The van der Waals surface area contributed by atoms with Crippen LogP contribution in [0.3, 0.4) is 0 Å². The minimum atomic E-state index is -6.37. The van der Waals surface area contributed by atoms with Gasteiger partial charge >= 0.3 is 12.4 Å². The van der Waals surface area contributed by atoms with Crippen LogP contribution in [0.15, 0.2) is 93.5 Å². The van der Waals surface area contributed by atoms with Crippen molar-refractivity contribution in [3.63, 3.8) is 0 Å². The average molecular weight is 587 g/mol. The first-order valence-electron chi connectivity index (χ1n) is 12.2. The third-order valence-electron chi connectivity index (χ3n) is 6.01. The molecule has 10 heteroatoms. The average Bonchev–Trinajstić information content (AvgIpc) is 2.83. The Kier molecular flexibility index (Phi) is 9.86. The summed E-state index contributed by atoms with van der Waals surface area (Å²) in [5, 5.41) is 17.4. The van der Waals surface area contributed by atoms with Crippen molar-refractivity contribution in [1.82, 2.24) is 0 Å². The summed E-state index contributed by atoms with van der Waals surface area (Å²) in [5.41, 5.74) is -2.70. The van der Waals surface area contributed by atoms with E-state index in [9.17, 15) is 36.2 Å². The summed E-state index contributed by atoms with van der Waals surface area (Å²) in [6, 6.07) is 29.3. The Morgan fingerprint density at radius 2 is 0.900 bits per heavy atom. The number of carboxylic acid groups (broad SMARTS) is 1. The van der Waals surface area contributed by atoms with Gasteiger partial charge in [-0.05, 0) is 58.4 Å². The van der Waals surface area contributed by atoms with Gasteiger partial charge in [-0.15, -0.1) is 0 Å². The number of hydrogen-bond acceptors (Lipinski definition) is 3. The predicted molar refractivity (Wildman–Crippen MR) is 141 cm³/mol. The predicted octanol–water partition coefficient (Wildman–Crippen LogP) is 6.97. The molecule has 0 spiro atoms. The van der Waals surface area contributed by atoms with Gasteiger partial charge in [-0.25, -0.2) is 0 Å². The first kappa shape index (κ1) is 33.2. The number of aliphatic hydroxyl groups is 1. The maximum absolute atomic E-state index is 11.5. The summed E-state index contributed by atoms with van der Waals surface area (Å²) in [4.78, 5) is 13.6. The van der Waals surface area contributed by atoms with Crippen LogP contribution in [0.2, 0.25) is 0 Å². The van der Waals surface area contributed by atoms with Crippen LogP contribution in [0.5, 0.6) is 0 Å². The molecule has 0 unspecified atom stereocenters. The smallest absolute Gasteiger partial charge is 0.431 e. The number of alkyl halides is 6. The molecule has 0 atom stereocenters. The standard InChI is InChI=1S/C26H31S.C4H2F6O3/c1-25(2,3)20-12-16-23(17-13-20)27(22-10-8-7-9-11-22)24-18-14-21(15-19-24)26(4,5)6;5-3(6,7)2(13,1(11)12)4(8,9)10/h7-19H,1-6H3;13H,(H,11,12)/q+1;/p-1. The molecule has 3 nitrogen and oxygen atoms in total. The Balaban J connectivity index is 0.000000366. The highest BCUT2D eigenvalue weighted by Gasteiger charge is 2.71. The van der Waals surface area contributed by atoms with E-state index >= 15 is 0 Å². The maximum Gasteiger partial charge on any atom is 0.431 e. The van der Waals surface area contributed by atoms with Crippen molar-refractivity contribution < 1.29 is 41.4 Å². The maximum atomic E-state index is 11.5. The van der Waals surface area contributed by atoms with Gasteiger partial charge in [0.15, 0.2) is 14.7 Å². The van der Waals surface area contributed by atoms with Gasteiger partial charge in [0.25, 0.3) is 5.60 Å². The van der Waals surface area contributed by atoms with E-state index in [4.69, 9.17) is 5.11 Å². The molecule has 0 radical (unpaired) electrons. The van der Waals surface area contributed by atoms with Crippen molar-refractivity contribution in [3.8, 4) is 0 Å². The molecule has 0 aliphatic carbocycles. The second-order valence-corrected chi connectivity index (χ2v) is 13.2. The lowest BCUT2D eigenvalue weighted by atomic mass is 9.87. The summed E-state index contributed by atoms with van der Waals surface area (Å²) in [7, 11) is -0.0847. The minimum absolute atomic E-state index is 0.0847. The molecular weight excluding hydrogens is 554 g/mol. The molecule has 3 aromatic carbocycles. The van der Waals surface area contributed by atoms with E-state index in [-0.39, 0.29) is 21.7 Å².